The van der Waals surface area contributed by atoms with E-state index < -0.39 is 0 Å². The van der Waals surface area contributed by atoms with Gasteiger partial charge in [0.25, 0.3) is 0 Å². The number of rotatable bonds is 4. The molecule has 0 radical (unpaired) electrons. The Hall–Kier alpha value is -2.14. The summed E-state index contributed by atoms with van der Waals surface area (Å²) in [6, 6.07) is 9.08. The monoisotopic (exact) mass is 284 g/mol. The zero-order valence-corrected chi connectivity index (χ0v) is 12.1. The number of aromatic nitrogens is 2. The Morgan fingerprint density at radius 2 is 2.19 bits per heavy atom. The van der Waals surface area contributed by atoms with Crippen molar-refractivity contribution in [3.8, 4) is 5.69 Å². The molecule has 1 aromatic heterocycles. The number of imidazole rings is 1. The van der Waals surface area contributed by atoms with Crippen LogP contribution >= 0.6 is 0 Å². The maximum absolute atomic E-state index is 11.2. The molecule has 2 aromatic rings. The van der Waals surface area contributed by atoms with E-state index in [0.717, 1.165) is 18.7 Å². The van der Waals surface area contributed by atoms with E-state index in [9.17, 15) is 4.79 Å². The Labute approximate surface area is 124 Å². The molecule has 3 rings (SSSR count). The molecule has 1 aliphatic rings. The number of amides is 1. The van der Waals surface area contributed by atoms with Crippen LogP contribution in [-0.4, -0.2) is 28.0 Å². The molecule has 1 aliphatic heterocycles. The number of carbonyl (C=O) groups excluding carboxylic acids is 1. The van der Waals surface area contributed by atoms with E-state index in [2.05, 4.69) is 46.8 Å². The fourth-order valence-corrected chi connectivity index (χ4v) is 2.67. The quantitative estimate of drug-likeness (QED) is 0.900. The molecule has 5 heteroatoms. The van der Waals surface area contributed by atoms with Crippen LogP contribution in [0.25, 0.3) is 5.69 Å². The van der Waals surface area contributed by atoms with Gasteiger partial charge in [0.2, 0.25) is 5.91 Å². The van der Waals surface area contributed by atoms with Crippen molar-refractivity contribution in [2.75, 3.05) is 6.54 Å². The molecule has 1 amide bonds. The van der Waals surface area contributed by atoms with Crippen LogP contribution in [0.4, 0.5) is 0 Å². The molecule has 0 spiro atoms. The molecular formula is C16H20N4O. The standard InChI is InChI=1S/C16H20N4O/c1-12(19-14-4-7-16(21)18-10-14)13-2-5-15(6-3-13)20-9-8-17-11-20/h2-3,5-6,8-9,11-12,14,19H,4,7,10H2,1H3,(H,18,21). The first-order chi connectivity index (χ1) is 10.2. The van der Waals surface area contributed by atoms with Gasteiger partial charge in [0.1, 0.15) is 0 Å². The SMILES string of the molecule is CC(NC1CCC(=O)NC1)c1ccc(-n2ccnc2)cc1. The smallest absolute Gasteiger partial charge is 0.220 e. The van der Waals surface area contributed by atoms with E-state index in [-0.39, 0.29) is 11.9 Å². The van der Waals surface area contributed by atoms with Gasteiger partial charge in [-0.3, -0.25) is 4.79 Å². The lowest BCUT2D eigenvalue weighted by molar-refractivity contribution is -0.122. The molecule has 0 saturated carbocycles. The molecule has 2 unspecified atom stereocenters. The first-order valence-corrected chi connectivity index (χ1v) is 7.33. The molecule has 21 heavy (non-hydrogen) atoms. The Bertz CT molecular complexity index is 581. The van der Waals surface area contributed by atoms with Crippen molar-refractivity contribution < 1.29 is 4.79 Å². The molecule has 110 valence electrons. The highest BCUT2D eigenvalue weighted by molar-refractivity contribution is 5.76. The summed E-state index contributed by atoms with van der Waals surface area (Å²) in [6.07, 6.45) is 7.02. The highest BCUT2D eigenvalue weighted by atomic mass is 16.1. The van der Waals surface area contributed by atoms with Crippen LogP contribution in [0.2, 0.25) is 0 Å². The maximum atomic E-state index is 11.2. The highest BCUT2D eigenvalue weighted by Crippen LogP contribution is 2.17. The molecule has 2 atom stereocenters. The third-order valence-corrected chi connectivity index (χ3v) is 3.95. The molecule has 1 saturated heterocycles. The van der Waals surface area contributed by atoms with Gasteiger partial charge in [0, 0.05) is 43.1 Å². The first kappa shape index (κ1) is 13.8. The molecule has 1 aromatic carbocycles. The predicted octanol–water partition coefficient (Wildman–Crippen LogP) is 1.80. The van der Waals surface area contributed by atoms with Gasteiger partial charge >= 0.3 is 0 Å². The van der Waals surface area contributed by atoms with Crippen LogP contribution in [0.15, 0.2) is 43.0 Å². The molecule has 0 aliphatic carbocycles. The number of piperidine rings is 1. The van der Waals surface area contributed by atoms with E-state index in [1.165, 1.54) is 5.56 Å². The van der Waals surface area contributed by atoms with Gasteiger partial charge in [-0.25, -0.2) is 4.98 Å². The second kappa shape index (κ2) is 6.10. The van der Waals surface area contributed by atoms with Crippen molar-refractivity contribution in [2.24, 2.45) is 0 Å². The molecule has 0 bridgehead atoms. The van der Waals surface area contributed by atoms with Gasteiger partial charge in [0.05, 0.1) is 6.33 Å². The number of hydrogen-bond acceptors (Lipinski definition) is 3. The fraction of sp³-hybridized carbons (Fsp3) is 0.375. The number of benzene rings is 1. The van der Waals surface area contributed by atoms with Gasteiger partial charge < -0.3 is 15.2 Å². The summed E-state index contributed by atoms with van der Waals surface area (Å²) in [5, 5.41) is 6.48. The number of carbonyl (C=O) groups is 1. The van der Waals surface area contributed by atoms with Crippen molar-refractivity contribution in [1.82, 2.24) is 20.2 Å². The number of nitrogens with one attached hydrogen (secondary N) is 2. The average molecular weight is 284 g/mol. The molecule has 5 nitrogen and oxygen atoms in total. The van der Waals surface area contributed by atoms with Crippen molar-refractivity contribution in [1.29, 1.82) is 0 Å². The van der Waals surface area contributed by atoms with Crippen molar-refractivity contribution in [2.45, 2.75) is 31.8 Å². The normalized spacial score (nSPS) is 20.0. The average Bonchev–Trinajstić information content (AvgIpc) is 3.04. The summed E-state index contributed by atoms with van der Waals surface area (Å²) < 4.78 is 1.98. The van der Waals surface area contributed by atoms with Crippen LogP contribution in [0.5, 0.6) is 0 Å². The molecule has 1 fully saturated rings. The van der Waals surface area contributed by atoms with E-state index in [0.29, 0.717) is 12.5 Å². The number of nitrogens with zero attached hydrogens (tertiary/aromatic N) is 2. The Morgan fingerprint density at radius 3 is 2.81 bits per heavy atom. The second-order valence-electron chi connectivity index (χ2n) is 5.49. The summed E-state index contributed by atoms with van der Waals surface area (Å²) in [4.78, 5) is 15.2. The predicted molar refractivity (Wildman–Crippen MR) is 81.1 cm³/mol. The zero-order valence-electron chi connectivity index (χ0n) is 12.1. The largest absolute Gasteiger partial charge is 0.355 e. The van der Waals surface area contributed by atoms with Crippen LogP contribution in [0.1, 0.15) is 31.4 Å². The van der Waals surface area contributed by atoms with Crippen LogP contribution in [0.3, 0.4) is 0 Å². The lowest BCUT2D eigenvalue weighted by Crippen LogP contribution is -2.46. The second-order valence-corrected chi connectivity index (χ2v) is 5.49. The Morgan fingerprint density at radius 1 is 1.38 bits per heavy atom. The Kier molecular flexibility index (Phi) is 4.01. The van der Waals surface area contributed by atoms with E-state index in [1.807, 2.05) is 10.8 Å². The van der Waals surface area contributed by atoms with E-state index in [1.54, 1.807) is 12.5 Å². The Balaban J connectivity index is 1.62. The van der Waals surface area contributed by atoms with Gasteiger partial charge in [-0.05, 0) is 31.0 Å². The minimum atomic E-state index is 0.158. The molecular weight excluding hydrogens is 264 g/mol. The summed E-state index contributed by atoms with van der Waals surface area (Å²) in [7, 11) is 0. The fourth-order valence-electron chi connectivity index (χ4n) is 2.67. The van der Waals surface area contributed by atoms with Crippen LogP contribution in [0, 0.1) is 0 Å². The highest BCUT2D eigenvalue weighted by Gasteiger charge is 2.19. The van der Waals surface area contributed by atoms with Crippen molar-refractivity contribution in [3.05, 3.63) is 48.5 Å². The van der Waals surface area contributed by atoms with Gasteiger partial charge in [-0.2, -0.15) is 0 Å². The first-order valence-electron chi connectivity index (χ1n) is 7.33. The van der Waals surface area contributed by atoms with Crippen LogP contribution < -0.4 is 10.6 Å². The lowest BCUT2D eigenvalue weighted by Gasteiger charge is -2.27. The van der Waals surface area contributed by atoms with Crippen molar-refractivity contribution >= 4 is 5.91 Å². The lowest BCUT2D eigenvalue weighted by atomic mass is 10.0. The number of hydrogen-bond donors (Lipinski definition) is 2. The summed E-state index contributed by atoms with van der Waals surface area (Å²) >= 11 is 0. The molecule has 2 N–H and O–H groups in total. The zero-order chi connectivity index (χ0) is 14.7. The van der Waals surface area contributed by atoms with Gasteiger partial charge in [-0.15, -0.1) is 0 Å². The minimum absolute atomic E-state index is 0.158. The maximum Gasteiger partial charge on any atom is 0.220 e. The third-order valence-electron chi connectivity index (χ3n) is 3.95. The van der Waals surface area contributed by atoms with E-state index >= 15 is 0 Å². The summed E-state index contributed by atoms with van der Waals surface area (Å²) in [6.45, 7) is 2.87. The van der Waals surface area contributed by atoms with Crippen molar-refractivity contribution in [3.63, 3.8) is 0 Å². The summed E-state index contributed by atoms with van der Waals surface area (Å²) in [5.41, 5.74) is 2.35. The topological polar surface area (TPSA) is 59.0 Å². The molecule has 2 heterocycles. The van der Waals surface area contributed by atoms with Crippen LogP contribution in [-0.2, 0) is 4.79 Å². The minimum Gasteiger partial charge on any atom is -0.355 e. The van der Waals surface area contributed by atoms with Gasteiger partial charge in [0.15, 0.2) is 0 Å². The van der Waals surface area contributed by atoms with E-state index in [4.69, 9.17) is 0 Å². The summed E-state index contributed by atoms with van der Waals surface area (Å²) in [5.74, 6) is 0.158. The van der Waals surface area contributed by atoms with Gasteiger partial charge in [-0.1, -0.05) is 12.1 Å². The third kappa shape index (κ3) is 3.31.